The minimum atomic E-state index is -0.646. The first kappa shape index (κ1) is 24.3. The lowest BCUT2D eigenvalue weighted by molar-refractivity contribution is 0.0960. The zero-order valence-electron chi connectivity index (χ0n) is 18.2. The molecule has 1 atom stereocenters. The molecule has 1 aromatic carbocycles. The van der Waals surface area contributed by atoms with E-state index in [0.29, 0.717) is 39.8 Å². The molecule has 11 heteroatoms. The van der Waals surface area contributed by atoms with E-state index in [1.807, 2.05) is 24.4 Å². The van der Waals surface area contributed by atoms with Crippen molar-refractivity contribution in [1.29, 1.82) is 0 Å². The highest BCUT2D eigenvalue weighted by Crippen LogP contribution is 2.29. The number of amides is 1. The van der Waals surface area contributed by atoms with E-state index in [0.717, 1.165) is 11.8 Å². The maximum atomic E-state index is 14.3. The molecule has 8 nitrogen and oxygen atoms in total. The van der Waals surface area contributed by atoms with Crippen LogP contribution in [0.2, 0.25) is 0 Å². The zero-order chi connectivity index (χ0) is 22.7. The molecule has 3 aromatic heterocycles. The molecule has 0 saturated heterocycles. The molecule has 172 valence electrons. The number of halogens is 1. The molecule has 0 radical (unpaired) electrons. The fourth-order valence-corrected chi connectivity index (χ4v) is 4.04. The number of hydrogen-bond donors (Lipinski definition) is 2. The summed E-state index contributed by atoms with van der Waals surface area (Å²) in [5.74, 6) is -0.469. The number of nitrogens with zero attached hydrogens (tertiary/aromatic N) is 4. The minimum absolute atomic E-state index is 0. The molecule has 4 rings (SSSR count). The van der Waals surface area contributed by atoms with E-state index in [2.05, 4.69) is 30.6 Å². The molecule has 33 heavy (non-hydrogen) atoms. The van der Waals surface area contributed by atoms with Gasteiger partial charge in [-0.05, 0) is 5.56 Å². The predicted octanol–water partition coefficient (Wildman–Crippen LogP) is 3.98. The van der Waals surface area contributed by atoms with Crippen molar-refractivity contribution in [3.63, 3.8) is 0 Å². The number of rotatable bonds is 7. The molecule has 4 aromatic rings. The molecule has 0 bridgehead atoms. The van der Waals surface area contributed by atoms with Crippen LogP contribution in [0.4, 0.5) is 10.2 Å². The Morgan fingerprint density at radius 2 is 2.06 bits per heavy atom. The van der Waals surface area contributed by atoms with Crippen molar-refractivity contribution in [2.75, 3.05) is 26.0 Å². The maximum absolute atomic E-state index is 14.3. The summed E-state index contributed by atoms with van der Waals surface area (Å²) in [6.45, 7) is 2.57. The van der Waals surface area contributed by atoms with Crippen LogP contribution in [0, 0.1) is 5.82 Å². The van der Waals surface area contributed by atoms with Gasteiger partial charge in [0.2, 0.25) is 0 Å². The molecule has 0 aliphatic rings. The fourth-order valence-electron chi connectivity index (χ4n) is 3.41. The third-order valence-electron chi connectivity index (χ3n) is 5.04. The van der Waals surface area contributed by atoms with Gasteiger partial charge in [-0.1, -0.05) is 36.5 Å². The monoisotopic (exact) mass is 486 g/mol. The van der Waals surface area contributed by atoms with Crippen LogP contribution < -0.4 is 15.4 Å². The smallest absolute Gasteiger partial charge is 0.273 e. The standard InChI is InChI=1S/C22H21FN6O2S.H2S/c1-12(8-25-18-7-16(27-11-28-18)17-10-32-22(29-17)31-3)13-5-4-6-14-19(21(30)24-2)15(23)9-26-20(13)14;/h4-7,9-12H,8H2,1-3H3,(H,24,30)(H,25,27,28);1H2/t12-;/m1./s1. The van der Waals surface area contributed by atoms with Gasteiger partial charge in [-0.2, -0.15) is 13.5 Å². The Morgan fingerprint density at radius 1 is 1.24 bits per heavy atom. The molecule has 0 aliphatic heterocycles. The van der Waals surface area contributed by atoms with Gasteiger partial charge in [-0.15, -0.1) is 0 Å². The van der Waals surface area contributed by atoms with E-state index in [-0.39, 0.29) is 25.0 Å². The highest BCUT2D eigenvalue weighted by molar-refractivity contribution is 7.59. The number of carbonyl (C=O) groups excluding carboxylic acids is 1. The molecular weight excluding hydrogens is 463 g/mol. The Bertz CT molecular complexity index is 1280. The van der Waals surface area contributed by atoms with Gasteiger partial charge in [0.1, 0.15) is 17.8 Å². The van der Waals surface area contributed by atoms with Gasteiger partial charge in [0.15, 0.2) is 5.82 Å². The first-order valence-electron chi connectivity index (χ1n) is 9.86. The Hall–Kier alpha value is -3.31. The van der Waals surface area contributed by atoms with E-state index in [4.69, 9.17) is 4.74 Å². The number of thiazole rings is 1. The molecule has 0 saturated carbocycles. The number of anilines is 1. The number of benzene rings is 1. The van der Waals surface area contributed by atoms with Crippen molar-refractivity contribution in [2.45, 2.75) is 12.8 Å². The highest BCUT2D eigenvalue weighted by atomic mass is 32.1. The summed E-state index contributed by atoms with van der Waals surface area (Å²) in [6, 6.07) is 7.26. The van der Waals surface area contributed by atoms with Crippen molar-refractivity contribution in [1.82, 2.24) is 25.3 Å². The summed E-state index contributed by atoms with van der Waals surface area (Å²) in [5, 5.41) is 8.72. The van der Waals surface area contributed by atoms with E-state index < -0.39 is 11.7 Å². The average Bonchev–Trinajstić information content (AvgIpc) is 3.31. The number of pyridine rings is 1. The number of aromatic nitrogens is 4. The Balaban J connectivity index is 0.00000306. The lowest BCUT2D eigenvalue weighted by Gasteiger charge is -2.16. The second-order valence-electron chi connectivity index (χ2n) is 7.08. The van der Waals surface area contributed by atoms with Gasteiger partial charge in [0.25, 0.3) is 11.1 Å². The molecule has 2 N–H and O–H groups in total. The second-order valence-corrected chi connectivity index (χ2v) is 7.90. The van der Waals surface area contributed by atoms with Gasteiger partial charge in [0, 0.05) is 36.3 Å². The number of ether oxygens (including phenoxy) is 1. The fraction of sp³-hybridized carbons (Fsp3) is 0.227. The lowest BCUT2D eigenvalue weighted by atomic mass is 9.96. The van der Waals surface area contributed by atoms with E-state index in [9.17, 15) is 9.18 Å². The Kier molecular flexibility index (Phi) is 7.77. The molecule has 0 unspecified atom stereocenters. The number of fused-ring (bicyclic) bond motifs is 1. The van der Waals surface area contributed by atoms with Crippen LogP contribution in [0.1, 0.15) is 28.8 Å². The zero-order valence-corrected chi connectivity index (χ0v) is 20.0. The SMILES string of the molecule is CNC(=O)c1c(F)cnc2c([C@H](C)CNc3cc(-c4csc(OC)n4)ncn3)cccc12.S. The second kappa shape index (κ2) is 10.5. The van der Waals surface area contributed by atoms with Gasteiger partial charge < -0.3 is 15.4 Å². The molecule has 1 amide bonds. The Labute approximate surface area is 201 Å². The largest absolute Gasteiger partial charge is 0.473 e. The van der Waals surface area contributed by atoms with Gasteiger partial charge in [-0.25, -0.2) is 19.3 Å². The minimum Gasteiger partial charge on any atom is -0.473 e. The summed E-state index contributed by atoms with van der Waals surface area (Å²) < 4.78 is 19.4. The van der Waals surface area contributed by atoms with Crippen LogP contribution in [-0.4, -0.2) is 46.5 Å². The van der Waals surface area contributed by atoms with Crippen LogP contribution in [0.5, 0.6) is 5.19 Å². The van der Waals surface area contributed by atoms with Crippen LogP contribution in [0.15, 0.2) is 42.2 Å². The summed E-state index contributed by atoms with van der Waals surface area (Å²) in [5.41, 5.74) is 2.90. The quantitative estimate of drug-likeness (QED) is 0.407. The topological polar surface area (TPSA) is 102 Å². The van der Waals surface area contributed by atoms with Crippen LogP contribution in [0.3, 0.4) is 0 Å². The lowest BCUT2D eigenvalue weighted by Crippen LogP contribution is -2.20. The predicted molar refractivity (Wildman–Crippen MR) is 132 cm³/mol. The van der Waals surface area contributed by atoms with Crippen molar-refractivity contribution >= 4 is 47.5 Å². The number of carbonyl (C=O) groups is 1. The third-order valence-corrected chi connectivity index (χ3v) is 5.84. The average molecular weight is 487 g/mol. The van der Waals surface area contributed by atoms with Crippen molar-refractivity contribution < 1.29 is 13.9 Å². The highest BCUT2D eigenvalue weighted by Gasteiger charge is 2.19. The van der Waals surface area contributed by atoms with Crippen LogP contribution in [0.25, 0.3) is 22.3 Å². The number of para-hydroxylation sites is 1. The Morgan fingerprint density at radius 3 is 2.79 bits per heavy atom. The van der Waals surface area contributed by atoms with Crippen molar-refractivity contribution in [3.8, 4) is 16.6 Å². The first-order chi connectivity index (χ1) is 15.5. The van der Waals surface area contributed by atoms with Crippen LogP contribution >= 0.6 is 24.8 Å². The van der Waals surface area contributed by atoms with E-state index in [1.165, 1.54) is 24.7 Å². The maximum Gasteiger partial charge on any atom is 0.273 e. The number of hydrogen-bond acceptors (Lipinski definition) is 8. The first-order valence-corrected chi connectivity index (χ1v) is 10.7. The molecule has 0 spiro atoms. The van der Waals surface area contributed by atoms with Gasteiger partial charge in [-0.3, -0.25) is 9.78 Å². The molecule has 0 fully saturated rings. The normalized spacial score (nSPS) is 11.5. The van der Waals surface area contributed by atoms with Gasteiger partial charge >= 0.3 is 0 Å². The molecule has 3 heterocycles. The summed E-state index contributed by atoms with van der Waals surface area (Å²) >= 11 is 1.40. The summed E-state index contributed by atoms with van der Waals surface area (Å²) in [4.78, 5) is 29.4. The van der Waals surface area contributed by atoms with Crippen molar-refractivity contribution in [2.24, 2.45) is 0 Å². The summed E-state index contributed by atoms with van der Waals surface area (Å²) in [7, 11) is 3.05. The number of nitrogens with one attached hydrogen (secondary N) is 2. The third kappa shape index (κ3) is 5.04. The van der Waals surface area contributed by atoms with E-state index >= 15 is 0 Å². The van der Waals surface area contributed by atoms with Crippen molar-refractivity contribution in [3.05, 3.63) is 59.1 Å². The van der Waals surface area contributed by atoms with Gasteiger partial charge in [0.05, 0.1) is 30.1 Å². The molecular formula is C22H23FN6O2S2. The summed E-state index contributed by atoms with van der Waals surface area (Å²) in [6.07, 6.45) is 2.57. The number of methoxy groups -OCH3 is 1. The molecule has 0 aliphatic carbocycles. The van der Waals surface area contributed by atoms with Crippen LogP contribution in [-0.2, 0) is 0 Å². The van der Waals surface area contributed by atoms with E-state index in [1.54, 1.807) is 19.2 Å².